The van der Waals surface area contributed by atoms with E-state index in [1.54, 1.807) is 30.3 Å². The molecule has 3 aromatic rings. The molecule has 4 rings (SSSR count). The number of hydrogen-bond donors (Lipinski definition) is 2. The maximum atomic E-state index is 13.2. The van der Waals surface area contributed by atoms with E-state index in [1.165, 1.54) is 6.26 Å². The average molecular weight is 560 g/mol. The first-order chi connectivity index (χ1) is 18.5. The van der Waals surface area contributed by atoms with Gasteiger partial charge >= 0.3 is 0 Å². The average Bonchev–Trinajstić information content (AvgIpc) is 2.87. The minimum Gasteiger partial charge on any atom is -0.393 e. The van der Waals surface area contributed by atoms with Crippen LogP contribution < -0.4 is 15.1 Å². The molecule has 0 radical (unpaired) electrons. The number of nitrogens with one attached hydrogen (secondary N) is 1. The van der Waals surface area contributed by atoms with E-state index in [1.807, 2.05) is 19.2 Å². The lowest BCUT2D eigenvalue weighted by Gasteiger charge is -2.47. The highest BCUT2D eigenvalue weighted by atomic mass is 32.2. The van der Waals surface area contributed by atoms with E-state index in [-0.39, 0.29) is 30.2 Å². The molecule has 1 aliphatic heterocycles. The van der Waals surface area contributed by atoms with Crippen LogP contribution in [0.1, 0.15) is 45.6 Å². The second-order valence-electron chi connectivity index (χ2n) is 10.7. The highest BCUT2D eigenvalue weighted by Gasteiger charge is 2.39. The van der Waals surface area contributed by atoms with Crippen molar-refractivity contribution in [2.75, 3.05) is 53.4 Å². The second-order valence-corrected chi connectivity index (χ2v) is 12.9. The van der Waals surface area contributed by atoms with Gasteiger partial charge in [0.1, 0.15) is 34.0 Å². The molecule has 4 heterocycles. The van der Waals surface area contributed by atoms with Gasteiger partial charge in [0, 0.05) is 61.8 Å². The molecule has 3 atom stereocenters. The zero-order chi connectivity index (χ0) is 28.3. The predicted molar refractivity (Wildman–Crippen MR) is 153 cm³/mol. The fourth-order valence-corrected chi connectivity index (χ4v) is 6.07. The summed E-state index contributed by atoms with van der Waals surface area (Å²) in [6, 6.07) is 3.75. The molecule has 1 unspecified atom stereocenters. The molecule has 0 bridgehead atoms. The Morgan fingerprint density at radius 1 is 1.15 bits per heavy atom. The number of pyridine rings is 2. The van der Waals surface area contributed by atoms with Crippen molar-refractivity contribution in [1.29, 1.82) is 0 Å². The van der Waals surface area contributed by atoms with Gasteiger partial charge in [0.15, 0.2) is 0 Å². The van der Waals surface area contributed by atoms with Gasteiger partial charge in [-0.15, -0.1) is 0 Å². The zero-order valence-corrected chi connectivity index (χ0v) is 24.0. The van der Waals surface area contributed by atoms with Crippen molar-refractivity contribution in [3.8, 4) is 0 Å². The van der Waals surface area contributed by atoms with Crippen LogP contribution in [-0.2, 0) is 9.84 Å². The summed E-state index contributed by atoms with van der Waals surface area (Å²) in [5, 5.41) is 14.8. The monoisotopic (exact) mass is 559 g/mol. The van der Waals surface area contributed by atoms with Crippen LogP contribution in [0.5, 0.6) is 0 Å². The Balaban J connectivity index is 1.61. The van der Waals surface area contributed by atoms with E-state index in [0.29, 0.717) is 37.1 Å². The van der Waals surface area contributed by atoms with Crippen LogP contribution in [0.4, 0.5) is 27.8 Å². The number of rotatable bonds is 12. The number of hydrogen-bond acceptors (Lipinski definition) is 10. The second kappa shape index (κ2) is 12.0. The number of aromatic nitrogens is 4. The Morgan fingerprint density at radius 2 is 1.92 bits per heavy atom. The van der Waals surface area contributed by atoms with Gasteiger partial charge in [-0.1, -0.05) is 13.8 Å². The first kappa shape index (κ1) is 28.9. The van der Waals surface area contributed by atoms with Crippen molar-refractivity contribution in [3.05, 3.63) is 36.3 Å². The summed E-state index contributed by atoms with van der Waals surface area (Å²) in [6.45, 7) is 8.61. The fourth-order valence-electron chi connectivity index (χ4n) is 4.91. The van der Waals surface area contributed by atoms with Crippen LogP contribution in [0.2, 0.25) is 0 Å². The maximum absolute atomic E-state index is 13.2. The summed E-state index contributed by atoms with van der Waals surface area (Å²) in [4.78, 5) is 22.1. The summed E-state index contributed by atoms with van der Waals surface area (Å²) >= 11 is 0. The Bertz CT molecular complexity index is 1400. The summed E-state index contributed by atoms with van der Waals surface area (Å²) in [6.07, 6.45) is 6.55. The van der Waals surface area contributed by atoms with E-state index < -0.39 is 22.6 Å². The zero-order valence-electron chi connectivity index (χ0n) is 23.2. The van der Waals surface area contributed by atoms with Crippen LogP contribution in [0.25, 0.3) is 10.8 Å². The van der Waals surface area contributed by atoms with Crippen LogP contribution in [0.3, 0.4) is 0 Å². The quantitative estimate of drug-likeness (QED) is 0.339. The van der Waals surface area contributed by atoms with Gasteiger partial charge in [0.25, 0.3) is 0 Å². The number of fused-ring (bicyclic) bond motifs is 1. The lowest BCUT2D eigenvalue weighted by molar-refractivity contribution is 0.186. The number of halogens is 1. The van der Waals surface area contributed by atoms with Crippen LogP contribution in [0, 0.1) is 5.92 Å². The third-order valence-electron chi connectivity index (χ3n) is 7.15. The molecule has 0 saturated carbocycles. The Kier molecular flexibility index (Phi) is 8.85. The lowest BCUT2D eigenvalue weighted by atomic mass is 9.90. The summed E-state index contributed by atoms with van der Waals surface area (Å²) in [5.74, 6) is 2.76. The van der Waals surface area contributed by atoms with Crippen molar-refractivity contribution >= 4 is 44.0 Å². The molecule has 39 heavy (non-hydrogen) atoms. The number of alkyl halides is 1. The van der Waals surface area contributed by atoms with Crippen LogP contribution in [-0.4, -0.2) is 83.9 Å². The minimum absolute atomic E-state index is 0.0543. The Labute approximate surface area is 229 Å². The number of aliphatic hydroxyl groups is 1. The van der Waals surface area contributed by atoms with Gasteiger partial charge in [0.2, 0.25) is 5.95 Å². The summed E-state index contributed by atoms with van der Waals surface area (Å²) in [5.41, 5.74) is 1.08. The van der Waals surface area contributed by atoms with Gasteiger partial charge in [0.05, 0.1) is 11.9 Å². The minimum atomic E-state index is -3.05. The molecule has 0 amide bonds. The molecular formula is C27H38FN7O3S. The highest BCUT2D eigenvalue weighted by Crippen LogP contribution is 2.38. The summed E-state index contributed by atoms with van der Waals surface area (Å²) in [7, 11) is -3.05. The first-order valence-electron chi connectivity index (χ1n) is 13.3. The predicted octanol–water partition coefficient (Wildman–Crippen LogP) is 3.70. The normalized spacial score (nSPS) is 18.3. The molecule has 3 aromatic heterocycles. The van der Waals surface area contributed by atoms with E-state index in [4.69, 9.17) is 4.98 Å². The Hall–Kier alpha value is -3.12. The molecule has 0 aliphatic carbocycles. The fraction of sp³-hybridized carbons (Fsp3) is 0.556. The molecule has 1 aliphatic rings. The largest absolute Gasteiger partial charge is 0.393 e. The summed E-state index contributed by atoms with van der Waals surface area (Å²) < 4.78 is 36.8. The van der Waals surface area contributed by atoms with Gasteiger partial charge in [-0.3, -0.25) is 0 Å². The smallest absolute Gasteiger partial charge is 0.227 e. The van der Waals surface area contributed by atoms with Gasteiger partial charge < -0.3 is 20.2 Å². The van der Waals surface area contributed by atoms with Crippen molar-refractivity contribution < 1.29 is 17.9 Å². The number of aliphatic hydroxyl groups excluding tert-OH is 1. The molecule has 0 aromatic carbocycles. The first-order valence-corrected chi connectivity index (χ1v) is 15.3. The van der Waals surface area contributed by atoms with Crippen molar-refractivity contribution in [2.24, 2.45) is 5.92 Å². The SMILES string of the molecule is CC(O)CCN(CCF)c1nccc(Nc2cc3c(C(C)C)cnc(N4C[C@H](CS(C)(=O)=O)[C@H]4C)c3cn2)n1. The van der Waals surface area contributed by atoms with Gasteiger partial charge in [-0.05, 0) is 49.3 Å². The molecule has 2 N–H and O–H groups in total. The molecule has 212 valence electrons. The van der Waals surface area contributed by atoms with Gasteiger partial charge in [-0.25, -0.2) is 27.8 Å². The molecule has 1 saturated heterocycles. The van der Waals surface area contributed by atoms with E-state index >= 15 is 0 Å². The number of nitrogens with zero attached hydrogens (tertiary/aromatic N) is 6. The highest BCUT2D eigenvalue weighted by molar-refractivity contribution is 7.90. The van der Waals surface area contributed by atoms with E-state index in [9.17, 15) is 17.9 Å². The molecule has 0 spiro atoms. The topological polar surface area (TPSA) is 124 Å². The third kappa shape index (κ3) is 6.91. The van der Waals surface area contributed by atoms with Crippen molar-refractivity contribution in [1.82, 2.24) is 19.9 Å². The number of anilines is 4. The lowest BCUT2D eigenvalue weighted by Crippen LogP contribution is -2.57. The molecule has 12 heteroatoms. The van der Waals surface area contributed by atoms with Crippen LogP contribution >= 0.6 is 0 Å². The molecule has 1 fully saturated rings. The molecular weight excluding hydrogens is 521 g/mol. The van der Waals surface area contributed by atoms with Gasteiger partial charge in [-0.2, -0.15) is 4.98 Å². The Morgan fingerprint density at radius 3 is 2.56 bits per heavy atom. The van der Waals surface area contributed by atoms with E-state index in [2.05, 4.69) is 39.0 Å². The maximum Gasteiger partial charge on any atom is 0.227 e. The third-order valence-corrected chi connectivity index (χ3v) is 8.18. The van der Waals surface area contributed by atoms with Crippen molar-refractivity contribution in [2.45, 2.75) is 52.2 Å². The number of sulfone groups is 1. The molecule has 10 nitrogen and oxygen atoms in total. The standard InChI is InChI=1S/C27H38FN7O3S/c1-17(2)22-13-31-26(35-15-20(19(35)4)16-39(5,37)38)23-14-30-25(12-21(22)23)32-24-6-9-29-27(33-24)34(11-8-28)10-7-18(3)36/h6,9,12-14,17-20,36H,7-8,10-11,15-16H2,1-5H3,(H,29,30,32,33)/t18?,19-,20-/m1/s1. The van der Waals surface area contributed by atoms with Crippen LogP contribution in [0.15, 0.2) is 30.7 Å². The van der Waals surface area contributed by atoms with E-state index in [0.717, 1.165) is 22.2 Å². The van der Waals surface area contributed by atoms with Crippen molar-refractivity contribution in [3.63, 3.8) is 0 Å².